The lowest BCUT2D eigenvalue weighted by Crippen LogP contribution is -2.58. The summed E-state index contributed by atoms with van der Waals surface area (Å²) in [5.41, 5.74) is 4.12. The van der Waals surface area contributed by atoms with Gasteiger partial charge in [-0.3, -0.25) is 0 Å². The molecule has 0 aliphatic carbocycles. The van der Waals surface area contributed by atoms with Crippen molar-refractivity contribution in [2.45, 2.75) is 32.9 Å². The molecular formula is C16H27N3. The molecule has 1 aromatic rings. The molecule has 2 rings (SSSR count). The molecule has 2 atom stereocenters. The summed E-state index contributed by atoms with van der Waals surface area (Å²) in [6.07, 6.45) is 0. The molecule has 0 spiro atoms. The Balaban J connectivity index is 2.23. The summed E-state index contributed by atoms with van der Waals surface area (Å²) < 4.78 is 0. The first kappa shape index (κ1) is 14.4. The maximum absolute atomic E-state index is 3.59. The monoisotopic (exact) mass is 261 g/mol. The molecule has 1 fully saturated rings. The summed E-state index contributed by atoms with van der Waals surface area (Å²) in [6.45, 7) is 9.88. The summed E-state index contributed by atoms with van der Waals surface area (Å²) in [7, 11) is 4.30. The molecule has 3 heteroatoms. The Morgan fingerprint density at radius 2 is 2.00 bits per heavy atom. The van der Waals surface area contributed by atoms with E-state index in [0.717, 1.165) is 19.6 Å². The number of nitrogens with zero attached hydrogens (tertiary/aromatic N) is 2. The van der Waals surface area contributed by atoms with Gasteiger partial charge in [-0.1, -0.05) is 6.07 Å². The zero-order chi connectivity index (χ0) is 14.0. The van der Waals surface area contributed by atoms with E-state index >= 15 is 0 Å². The highest BCUT2D eigenvalue weighted by Crippen LogP contribution is 2.23. The highest BCUT2D eigenvalue weighted by molar-refractivity contribution is 5.52. The third kappa shape index (κ3) is 3.48. The predicted octanol–water partition coefficient (Wildman–Crippen LogP) is 2.03. The van der Waals surface area contributed by atoms with Crippen LogP contribution >= 0.6 is 0 Å². The van der Waals surface area contributed by atoms with E-state index in [1.807, 2.05) is 0 Å². The fourth-order valence-electron chi connectivity index (χ4n) is 2.76. The minimum absolute atomic E-state index is 0.549. The van der Waals surface area contributed by atoms with E-state index in [2.05, 4.69) is 68.2 Å². The van der Waals surface area contributed by atoms with Gasteiger partial charge in [-0.15, -0.1) is 0 Å². The van der Waals surface area contributed by atoms with Crippen LogP contribution in [0.1, 0.15) is 18.1 Å². The number of piperazine rings is 1. The lowest BCUT2D eigenvalue weighted by Gasteiger charge is -2.42. The summed E-state index contributed by atoms with van der Waals surface area (Å²) in [4.78, 5) is 4.84. The maximum atomic E-state index is 3.59. The molecule has 1 heterocycles. The normalized spacial score (nSPS) is 24.0. The lowest BCUT2D eigenvalue weighted by atomic mass is 10.0. The van der Waals surface area contributed by atoms with Gasteiger partial charge in [0.05, 0.1) is 6.04 Å². The fourth-order valence-corrected chi connectivity index (χ4v) is 2.76. The van der Waals surface area contributed by atoms with Crippen molar-refractivity contribution in [1.82, 2.24) is 10.2 Å². The van der Waals surface area contributed by atoms with Gasteiger partial charge in [0, 0.05) is 31.4 Å². The van der Waals surface area contributed by atoms with Gasteiger partial charge in [-0.25, -0.2) is 0 Å². The zero-order valence-corrected chi connectivity index (χ0v) is 12.9. The second-order valence-corrected chi connectivity index (χ2v) is 6.15. The van der Waals surface area contributed by atoms with Crippen molar-refractivity contribution in [3.8, 4) is 0 Å². The third-order valence-corrected chi connectivity index (χ3v) is 4.01. The van der Waals surface area contributed by atoms with Crippen LogP contribution in [0.25, 0.3) is 0 Å². The molecule has 3 nitrogen and oxygen atoms in total. The van der Waals surface area contributed by atoms with Crippen molar-refractivity contribution in [1.29, 1.82) is 0 Å². The van der Waals surface area contributed by atoms with Crippen LogP contribution in [0.3, 0.4) is 0 Å². The first-order valence-corrected chi connectivity index (χ1v) is 7.19. The molecule has 0 radical (unpaired) electrons. The van der Waals surface area contributed by atoms with Crippen LogP contribution < -0.4 is 10.2 Å². The summed E-state index contributed by atoms with van der Waals surface area (Å²) in [5, 5.41) is 3.59. The van der Waals surface area contributed by atoms with E-state index in [0.29, 0.717) is 12.1 Å². The van der Waals surface area contributed by atoms with Crippen LogP contribution in [0.15, 0.2) is 18.2 Å². The molecule has 0 bridgehead atoms. The number of anilines is 1. The molecular weight excluding hydrogens is 234 g/mol. The minimum atomic E-state index is 0.549. The average Bonchev–Trinajstić information content (AvgIpc) is 2.34. The number of hydrogen-bond acceptors (Lipinski definition) is 3. The van der Waals surface area contributed by atoms with Gasteiger partial charge in [0.2, 0.25) is 0 Å². The first-order valence-electron chi connectivity index (χ1n) is 7.19. The van der Waals surface area contributed by atoms with E-state index in [9.17, 15) is 0 Å². The smallest absolute Gasteiger partial charge is 0.0542 e. The molecule has 1 aliphatic rings. The van der Waals surface area contributed by atoms with Crippen molar-refractivity contribution < 1.29 is 0 Å². The topological polar surface area (TPSA) is 18.5 Å². The zero-order valence-electron chi connectivity index (χ0n) is 12.9. The fraction of sp³-hybridized carbons (Fsp3) is 0.625. The van der Waals surface area contributed by atoms with Crippen LogP contribution in [0.5, 0.6) is 0 Å². The van der Waals surface area contributed by atoms with Crippen LogP contribution in [0, 0.1) is 13.8 Å². The van der Waals surface area contributed by atoms with Crippen molar-refractivity contribution in [2.75, 3.05) is 38.6 Å². The number of nitrogens with one attached hydrogen (secondary N) is 1. The molecule has 2 unspecified atom stereocenters. The Morgan fingerprint density at radius 1 is 1.26 bits per heavy atom. The Bertz CT molecular complexity index is 428. The van der Waals surface area contributed by atoms with E-state index < -0.39 is 0 Å². The molecule has 1 aliphatic heterocycles. The van der Waals surface area contributed by atoms with Crippen LogP contribution in [0.2, 0.25) is 0 Å². The van der Waals surface area contributed by atoms with Crippen molar-refractivity contribution in [3.63, 3.8) is 0 Å². The Kier molecular flexibility index (Phi) is 4.48. The number of likely N-dealkylation sites (N-methyl/N-ethyl adjacent to an activating group) is 1. The van der Waals surface area contributed by atoms with Crippen LogP contribution in [0.4, 0.5) is 5.69 Å². The summed E-state index contributed by atoms with van der Waals surface area (Å²) in [5.74, 6) is 0. The number of hydrogen-bond donors (Lipinski definition) is 1. The summed E-state index contributed by atoms with van der Waals surface area (Å²) >= 11 is 0. The van der Waals surface area contributed by atoms with Crippen LogP contribution in [-0.2, 0) is 0 Å². The molecule has 0 aromatic heterocycles. The third-order valence-electron chi connectivity index (χ3n) is 4.01. The molecule has 1 saturated heterocycles. The van der Waals surface area contributed by atoms with E-state index in [1.54, 1.807) is 0 Å². The van der Waals surface area contributed by atoms with E-state index in [1.165, 1.54) is 16.8 Å². The minimum Gasteiger partial charge on any atom is -0.364 e. The summed E-state index contributed by atoms with van der Waals surface area (Å²) in [6, 6.07) is 7.94. The molecule has 0 saturated carbocycles. The number of aryl methyl sites for hydroxylation is 2. The largest absolute Gasteiger partial charge is 0.364 e. The Morgan fingerprint density at radius 3 is 2.63 bits per heavy atom. The Hall–Kier alpha value is -1.06. The molecule has 1 N–H and O–H groups in total. The van der Waals surface area contributed by atoms with E-state index in [4.69, 9.17) is 0 Å². The van der Waals surface area contributed by atoms with Crippen molar-refractivity contribution in [2.24, 2.45) is 0 Å². The van der Waals surface area contributed by atoms with Gasteiger partial charge in [-0.2, -0.15) is 0 Å². The quantitative estimate of drug-likeness (QED) is 0.898. The Labute approximate surface area is 117 Å². The van der Waals surface area contributed by atoms with Crippen LogP contribution in [-0.4, -0.2) is 50.7 Å². The van der Waals surface area contributed by atoms with Gasteiger partial charge >= 0.3 is 0 Å². The molecule has 1 aromatic carbocycles. The molecule has 106 valence electrons. The highest BCUT2D eigenvalue weighted by atomic mass is 15.3. The molecule has 19 heavy (non-hydrogen) atoms. The van der Waals surface area contributed by atoms with E-state index in [-0.39, 0.29) is 0 Å². The first-order chi connectivity index (χ1) is 8.97. The second-order valence-electron chi connectivity index (χ2n) is 6.15. The van der Waals surface area contributed by atoms with Crippen molar-refractivity contribution in [3.05, 3.63) is 29.3 Å². The number of rotatable bonds is 3. The van der Waals surface area contributed by atoms with Gasteiger partial charge in [0.15, 0.2) is 0 Å². The SMILES string of the molecule is Cc1ccc(N2CC(C)NCC2CN(C)C)cc1C. The highest BCUT2D eigenvalue weighted by Gasteiger charge is 2.26. The second kappa shape index (κ2) is 5.93. The predicted molar refractivity (Wildman–Crippen MR) is 83.1 cm³/mol. The standard InChI is InChI=1S/C16H27N3/c1-12-6-7-15(8-13(12)2)19-10-14(3)17-9-16(19)11-18(4)5/h6-8,14,16-17H,9-11H2,1-5H3. The average molecular weight is 261 g/mol. The van der Waals surface area contributed by atoms with Crippen molar-refractivity contribution >= 4 is 5.69 Å². The maximum Gasteiger partial charge on any atom is 0.0542 e. The van der Waals surface area contributed by atoms with Gasteiger partial charge in [0.1, 0.15) is 0 Å². The van der Waals surface area contributed by atoms with Gasteiger partial charge < -0.3 is 15.1 Å². The lowest BCUT2D eigenvalue weighted by molar-refractivity contribution is 0.317. The number of benzene rings is 1. The van der Waals surface area contributed by atoms with Gasteiger partial charge in [0.25, 0.3) is 0 Å². The van der Waals surface area contributed by atoms with Gasteiger partial charge in [-0.05, 0) is 58.1 Å². The molecule has 0 amide bonds.